The number of nitrogens with zero attached hydrogens (tertiary/aromatic N) is 2. The van der Waals surface area contributed by atoms with Gasteiger partial charge in [0.2, 0.25) is 0 Å². The number of phenols is 1. The van der Waals surface area contributed by atoms with Gasteiger partial charge >= 0.3 is 0 Å². The average molecular weight is 203 g/mol. The lowest BCUT2D eigenvalue weighted by Crippen LogP contribution is -2.08. The van der Waals surface area contributed by atoms with Crippen molar-refractivity contribution in [1.29, 1.82) is 0 Å². The summed E-state index contributed by atoms with van der Waals surface area (Å²) in [7, 11) is 0. The molecular weight excluding hydrogens is 190 g/mol. The maximum atomic E-state index is 9.68. The standard InChI is InChI=1S/C11H13N3O/c12-7-5-9-6-8-13-14(9)10-3-1-2-4-11(10)15/h1-4,6,8,15H,5,7,12H2. The van der Waals surface area contributed by atoms with Crippen molar-refractivity contribution in [3.63, 3.8) is 0 Å². The summed E-state index contributed by atoms with van der Waals surface area (Å²) >= 11 is 0. The molecule has 0 aliphatic heterocycles. The number of para-hydroxylation sites is 2. The number of phenolic OH excluding ortho intramolecular Hbond substituents is 1. The van der Waals surface area contributed by atoms with Gasteiger partial charge in [0.25, 0.3) is 0 Å². The summed E-state index contributed by atoms with van der Waals surface area (Å²) in [6.07, 6.45) is 2.45. The topological polar surface area (TPSA) is 64.1 Å². The molecule has 0 saturated carbocycles. The van der Waals surface area contributed by atoms with Gasteiger partial charge in [0.15, 0.2) is 0 Å². The van der Waals surface area contributed by atoms with E-state index in [0.717, 1.165) is 12.1 Å². The third-order valence-electron chi connectivity index (χ3n) is 2.23. The monoisotopic (exact) mass is 203 g/mol. The molecule has 0 amide bonds. The Kier molecular flexibility index (Phi) is 2.69. The lowest BCUT2D eigenvalue weighted by atomic mass is 10.2. The summed E-state index contributed by atoms with van der Waals surface area (Å²) in [5.41, 5.74) is 7.19. The summed E-state index contributed by atoms with van der Waals surface area (Å²) in [5, 5.41) is 13.8. The number of aromatic hydroxyl groups is 1. The second-order valence-corrected chi connectivity index (χ2v) is 3.26. The van der Waals surface area contributed by atoms with Crippen molar-refractivity contribution in [2.45, 2.75) is 6.42 Å². The van der Waals surface area contributed by atoms with Crippen molar-refractivity contribution in [1.82, 2.24) is 9.78 Å². The Labute approximate surface area is 88.0 Å². The van der Waals surface area contributed by atoms with Crippen LogP contribution in [0, 0.1) is 0 Å². The van der Waals surface area contributed by atoms with Crippen LogP contribution in [-0.2, 0) is 6.42 Å². The van der Waals surface area contributed by atoms with Crippen LogP contribution in [0.1, 0.15) is 5.69 Å². The van der Waals surface area contributed by atoms with E-state index >= 15 is 0 Å². The molecule has 78 valence electrons. The Morgan fingerprint density at radius 2 is 2.07 bits per heavy atom. The molecule has 0 radical (unpaired) electrons. The minimum absolute atomic E-state index is 0.222. The Bertz CT molecular complexity index is 451. The van der Waals surface area contributed by atoms with Gasteiger partial charge < -0.3 is 10.8 Å². The van der Waals surface area contributed by atoms with Gasteiger partial charge in [-0.05, 0) is 24.7 Å². The molecule has 0 unspecified atom stereocenters. The van der Waals surface area contributed by atoms with E-state index in [1.54, 1.807) is 23.0 Å². The average Bonchev–Trinajstić information content (AvgIpc) is 2.67. The maximum absolute atomic E-state index is 9.68. The van der Waals surface area contributed by atoms with Crippen molar-refractivity contribution in [2.24, 2.45) is 5.73 Å². The summed E-state index contributed by atoms with van der Waals surface area (Å²) in [5.74, 6) is 0.222. The van der Waals surface area contributed by atoms with Gasteiger partial charge in [-0.3, -0.25) is 0 Å². The molecule has 2 rings (SSSR count). The molecule has 0 atom stereocenters. The summed E-state index contributed by atoms with van der Waals surface area (Å²) in [6.45, 7) is 0.569. The molecule has 3 N–H and O–H groups in total. The first-order valence-electron chi connectivity index (χ1n) is 4.84. The Morgan fingerprint density at radius 1 is 1.27 bits per heavy atom. The van der Waals surface area contributed by atoms with Gasteiger partial charge in [0.1, 0.15) is 11.4 Å². The van der Waals surface area contributed by atoms with E-state index in [1.165, 1.54) is 0 Å². The molecular formula is C11H13N3O. The number of hydrogen-bond donors (Lipinski definition) is 2. The Balaban J connectivity index is 2.45. The van der Waals surface area contributed by atoms with Crippen LogP contribution in [0.2, 0.25) is 0 Å². The fourth-order valence-corrected chi connectivity index (χ4v) is 1.53. The molecule has 1 heterocycles. The van der Waals surface area contributed by atoms with Gasteiger partial charge in [-0.15, -0.1) is 0 Å². The highest BCUT2D eigenvalue weighted by Crippen LogP contribution is 2.21. The zero-order valence-corrected chi connectivity index (χ0v) is 8.30. The SMILES string of the molecule is NCCc1ccnn1-c1ccccc1O. The molecule has 0 fully saturated rings. The highest BCUT2D eigenvalue weighted by molar-refractivity contribution is 5.45. The largest absolute Gasteiger partial charge is 0.506 e. The van der Waals surface area contributed by atoms with Crippen molar-refractivity contribution in [3.05, 3.63) is 42.2 Å². The van der Waals surface area contributed by atoms with Crippen LogP contribution in [-0.4, -0.2) is 21.4 Å². The normalized spacial score (nSPS) is 10.5. The first-order valence-corrected chi connectivity index (χ1v) is 4.84. The second-order valence-electron chi connectivity index (χ2n) is 3.26. The summed E-state index contributed by atoms with van der Waals surface area (Å²) < 4.78 is 1.71. The van der Waals surface area contributed by atoms with Gasteiger partial charge in [-0.1, -0.05) is 12.1 Å². The van der Waals surface area contributed by atoms with E-state index < -0.39 is 0 Å². The molecule has 15 heavy (non-hydrogen) atoms. The molecule has 0 saturated heterocycles. The van der Waals surface area contributed by atoms with Crippen LogP contribution in [0.25, 0.3) is 5.69 Å². The molecule has 0 bridgehead atoms. The number of aromatic nitrogens is 2. The van der Waals surface area contributed by atoms with Gasteiger partial charge in [0, 0.05) is 18.3 Å². The maximum Gasteiger partial charge on any atom is 0.141 e. The number of rotatable bonds is 3. The Morgan fingerprint density at radius 3 is 2.80 bits per heavy atom. The first-order chi connectivity index (χ1) is 7.33. The zero-order chi connectivity index (χ0) is 10.7. The molecule has 1 aromatic carbocycles. The minimum atomic E-state index is 0.222. The fourth-order valence-electron chi connectivity index (χ4n) is 1.53. The lowest BCUT2D eigenvalue weighted by molar-refractivity contribution is 0.469. The number of hydrogen-bond acceptors (Lipinski definition) is 3. The molecule has 4 nitrogen and oxygen atoms in total. The van der Waals surface area contributed by atoms with Gasteiger partial charge in [0.05, 0.1) is 0 Å². The van der Waals surface area contributed by atoms with Crippen LogP contribution >= 0.6 is 0 Å². The minimum Gasteiger partial charge on any atom is -0.506 e. The van der Waals surface area contributed by atoms with Crippen LogP contribution in [0.15, 0.2) is 36.5 Å². The molecule has 1 aromatic heterocycles. The second kappa shape index (κ2) is 4.14. The highest BCUT2D eigenvalue weighted by atomic mass is 16.3. The molecule has 0 spiro atoms. The van der Waals surface area contributed by atoms with E-state index in [1.807, 2.05) is 18.2 Å². The van der Waals surface area contributed by atoms with Crippen molar-refractivity contribution < 1.29 is 5.11 Å². The smallest absolute Gasteiger partial charge is 0.141 e. The van der Waals surface area contributed by atoms with Crippen LogP contribution in [0.4, 0.5) is 0 Å². The third-order valence-corrected chi connectivity index (χ3v) is 2.23. The van der Waals surface area contributed by atoms with Gasteiger partial charge in [-0.2, -0.15) is 5.10 Å². The van der Waals surface area contributed by atoms with E-state index in [0.29, 0.717) is 12.2 Å². The van der Waals surface area contributed by atoms with Gasteiger partial charge in [-0.25, -0.2) is 4.68 Å². The molecule has 2 aromatic rings. The van der Waals surface area contributed by atoms with E-state index in [4.69, 9.17) is 5.73 Å². The highest BCUT2D eigenvalue weighted by Gasteiger charge is 2.07. The number of nitrogens with two attached hydrogens (primary N) is 1. The molecule has 0 aliphatic rings. The van der Waals surface area contributed by atoms with Crippen molar-refractivity contribution >= 4 is 0 Å². The summed E-state index contributed by atoms with van der Waals surface area (Å²) in [4.78, 5) is 0. The zero-order valence-electron chi connectivity index (χ0n) is 8.30. The van der Waals surface area contributed by atoms with E-state index in [-0.39, 0.29) is 5.75 Å². The first kappa shape index (κ1) is 9.73. The van der Waals surface area contributed by atoms with Crippen LogP contribution in [0.3, 0.4) is 0 Å². The third kappa shape index (κ3) is 1.85. The van der Waals surface area contributed by atoms with Crippen LogP contribution in [0.5, 0.6) is 5.75 Å². The molecule has 0 aliphatic carbocycles. The van der Waals surface area contributed by atoms with Crippen molar-refractivity contribution in [2.75, 3.05) is 6.54 Å². The summed E-state index contributed by atoms with van der Waals surface area (Å²) in [6, 6.07) is 9.01. The fraction of sp³-hybridized carbons (Fsp3) is 0.182. The number of benzene rings is 1. The molecule has 4 heteroatoms. The quantitative estimate of drug-likeness (QED) is 0.784. The van der Waals surface area contributed by atoms with Crippen molar-refractivity contribution in [3.8, 4) is 11.4 Å². The predicted octanol–water partition coefficient (Wildman–Crippen LogP) is 1.08. The Hall–Kier alpha value is -1.81. The van der Waals surface area contributed by atoms with Crippen LogP contribution < -0.4 is 5.73 Å². The predicted molar refractivity (Wildman–Crippen MR) is 58.0 cm³/mol. The van der Waals surface area contributed by atoms with E-state index in [2.05, 4.69) is 5.10 Å². The lowest BCUT2D eigenvalue weighted by Gasteiger charge is -2.07. The van der Waals surface area contributed by atoms with E-state index in [9.17, 15) is 5.11 Å².